The van der Waals surface area contributed by atoms with Gasteiger partial charge in [-0.2, -0.15) is 0 Å². The Morgan fingerprint density at radius 1 is 1.38 bits per heavy atom. The molecule has 2 aromatic rings. The Balaban J connectivity index is 2.01. The average molecular weight is 340 g/mol. The highest BCUT2D eigenvalue weighted by Gasteiger charge is 2.37. The number of rotatable bonds is 4. The molecule has 0 radical (unpaired) electrons. The molecule has 24 heavy (non-hydrogen) atoms. The molecule has 6 heteroatoms. The van der Waals surface area contributed by atoms with Crippen molar-refractivity contribution in [1.82, 2.24) is 9.88 Å². The van der Waals surface area contributed by atoms with Crippen LogP contribution in [-0.2, 0) is 20.9 Å². The van der Waals surface area contributed by atoms with Gasteiger partial charge in [0.05, 0.1) is 24.8 Å². The van der Waals surface area contributed by atoms with Gasteiger partial charge >= 0.3 is 5.97 Å². The van der Waals surface area contributed by atoms with E-state index >= 15 is 0 Å². The lowest BCUT2D eigenvalue weighted by Gasteiger charge is -2.17. The Bertz CT molecular complexity index is 823. The Kier molecular flexibility index (Phi) is 4.57. The van der Waals surface area contributed by atoms with Gasteiger partial charge in [0.25, 0.3) is 5.91 Å². The van der Waals surface area contributed by atoms with Crippen molar-refractivity contribution in [3.05, 3.63) is 69.3 Å². The van der Waals surface area contributed by atoms with E-state index in [-0.39, 0.29) is 5.91 Å². The van der Waals surface area contributed by atoms with Crippen LogP contribution in [0.4, 0.5) is 0 Å². The minimum atomic E-state index is -0.502. The van der Waals surface area contributed by atoms with Crippen molar-refractivity contribution in [3.8, 4) is 0 Å². The highest BCUT2D eigenvalue weighted by Crippen LogP contribution is 2.33. The van der Waals surface area contributed by atoms with E-state index in [0.29, 0.717) is 23.4 Å². The summed E-state index contributed by atoms with van der Waals surface area (Å²) in [5.74, 6) is -0.706. The first kappa shape index (κ1) is 16.1. The maximum absolute atomic E-state index is 12.9. The Morgan fingerprint density at radius 3 is 2.83 bits per heavy atom. The molecule has 122 valence electrons. The molecule has 2 aromatic heterocycles. The molecule has 0 saturated carbocycles. The highest BCUT2D eigenvalue weighted by atomic mass is 32.1. The van der Waals surface area contributed by atoms with E-state index in [1.54, 1.807) is 30.3 Å². The highest BCUT2D eigenvalue weighted by molar-refractivity contribution is 7.10. The van der Waals surface area contributed by atoms with Gasteiger partial charge in [0.15, 0.2) is 0 Å². The standard InChI is InChI=1S/C18H16N2O3S/c1-12-16(18(22)23-2)15(9-14-6-4-8-24-14)17(21)20(12)11-13-5-3-7-19-10-13/h3-10H,11H2,1-2H3/b15-9-. The number of allylic oxidation sites excluding steroid dienone is 1. The maximum atomic E-state index is 12.9. The second-order valence-electron chi connectivity index (χ2n) is 5.28. The zero-order chi connectivity index (χ0) is 17.1. The summed E-state index contributed by atoms with van der Waals surface area (Å²) < 4.78 is 4.88. The number of hydrogen-bond donors (Lipinski definition) is 0. The van der Waals surface area contributed by atoms with E-state index in [4.69, 9.17) is 4.74 Å². The summed E-state index contributed by atoms with van der Waals surface area (Å²) in [6.45, 7) is 2.12. The molecule has 0 saturated heterocycles. The summed E-state index contributed by atoms with van der Waals surface area (Å²) >= 11 is 1.51. The predicted molar refractivity (Wildman–Crippen MR) is 91.8 cm³/mol. The van der Waals surface area contributed by atoms with Gasteiger partial charge in [0, 0.05) is 23.0 Å². The number of ether oxygens (including phenoxy) is 1. The first-order chi connectivity index (χ1) is 11.6. The van der Waals surface area contributed by atoms with Crippen molar-refractivity contribution >= 4 is 29.3 Å². The SMILES string of the molecule is COC(=O)C1=C(C)N(Cc2cccnc2)C(=O)/C1=C\c1cccs1. The van der Waals surface area contributed by atoms with Crippen molar-refractivity contribution in [2.75, 3.05) is 7.11 Å². The molecule has 3 heterocycles. The molecule has 1 aliphatic heterocycles. The molecular weight excluding hydrogens is 324 g/mol. The smallest absolute Gasteiger partial charge is 0.340 e. The summed E-state index contributed by atoms with van der Waals surface area (Å²) in [5.41, 5.74) is 2.18. The van der Waals surface area contributed by atoms with Crippen molar-refractivity contribution in [2.24, 2.45) is 0 Å². The minimum absolute atomic E-state index is 0.204. The van der Waals surface area contributed by atoms with Crippen LogP contribution in [0.25, 0.3) is 6.08 Å². The average Bonchev–Trinajstić information content (AvgIpc) is 3.18. The molecule has 0 aromatic carbocycles. The molecule has 1 aliphatic rings. The quantitative estimate of drug-likeness (QED) is 0.634. The van der Waals surface area contributed by atoms with E-state index in [0.717, 1.165) is 10.4 Å². The van der Waals surface area contributed by atoms with Crippen LogP contribution in [0.15, 0.2) is 58.9 Å². The number of methoxy groups -OCH3 is 1. The van der Waals surface area contributed by atoms with E-state index in [9.17, 15) is 9.59 Å². The second-order valence-corrected chi connectivity index (χ2v) is 6.26. The summed E-state index contributed by atoms with van der Waals surface area (Å²) in [4.78, 5) is 31.6. The van der Waals surface area contributed by atoms with Gasteiger partial charge in [0.2, 0.25) is 0 Å². The number of hydrogen-bond acceptors (Lipinski definition) is 5. The van der Waals surface area contributed by atoms with E-state index < -0.39 is 5.97 Å². The van der Waals surface area contributed by atoms with Crippen LogP contribution in [-0.4, -0.2) is 28.9 Å². The minimum Gasteiger partial charge on any atom is -0.465 e. The van der Waals surface area contributed by atoms with Crippen LogP contribution in [0.2, 0.25) is 0 Å². The van der Waals surface area contributed by atoms with Gasteiger partial charge in [0.1, 0.15) is 0 Å². The molecule has 0 aliphatic carbocycles. The molecule has 0 N–H and O–H groups in total. The van der Waals surface area contributed by atoms with E-state index in [1.807, 2.05) is 29.6 Å². The van der Waals surface area contributed by atoms with E-state index in [2.05, 4.69) is 4.98 Å². The number of aromatic nitrogens is 1. The Labute approximate surface area is 143 Å². The predicted octanol–water partition coefficient (Wildman–Crippen LogP) is 3.02. The maximum Gasteiger partial charge on any atom is 0.340 e. The molecule has 1 amide bonds. The summed E-state index contributed by atoms with van der Waals surface area (Å²) in [6, 6.07) is 7.52. The summed E-state index contributed by atoms with van der Waals surface area (Å²) in [6.07, 6.45) is 5.13. The van der Waals surface area contributed by atoms with Gasteiger partial charge in [-0.25, -0.2) is 4.79 Å². The zero-order valence-corrected chi connectivity index (χ0v) is 14.2. The first-order valence-corrected chi connectivity index (χ1v) is 8.25. The lowest BCUT2D eigenvalue weighted by molar-refractivity contribution is -0.136. The molecule has 0 bridgehead atoms. The fraction of sp³-hybridized carbons (Fsp3) is 0.167. The van der Waals surface area contributed by atoms with Gasteiger partial charge < -0.3 is 9.64 Å². The third kappa shape index (κ3) is 3.00. The number of esters is 1. The van der Waals surface area contributed by atoms with Crippen LogP contribution in [0.5, 0.6) is 0 Å². The van der Waals surface area contributed by atoms with Crippen molar-refractivity contribution in [1.29, 1.82) is 0 Å². The number of carbonyl (C=O) groups excluding carboxylic acids is 2. The number of thiophene rings is 1. The summed E-state index contributed by atoms with van der Waals surface area (Å²) in [5, 5.41) is 1.92. The second kappa shape index (κ2) is 6.80. The molecule has 3 rings (SSSR count). The number of amides is 1. The largest absolute Gasteiger partial charge is 0.465 e. The lowest BCUT2D eigenvalue weighted by atomic mass is 10.1. The van der Waals surface area contributed by atoms with Gasteiger partial charge in [-0.05, 0) is 36.1 Å². The monoisotopic (exact) mass is 340 g/mol. The lowest BCUT2D eigenvalue weighted by Crippen LogP contribution is -2.24. The van der Waals surface area contributed by atoms with Crippen molar-refractivity contribution < 1.29 is 14.3 Å². The van der Waals surface area contributed by atoms with Crippen molar-refractivity contribution in [3.63, 3.8) is 0 Å². The van der Waals surface area contributed by atoms with E-state index in [1.165, 1.54) is 18.4 Å². The Morgan fingerprint density at radius 2 is 2.21 bits per heavy atom. The van der Waals surface area contributed by atoms with Crippen molar-refractivity contribution in [2.45, 2.75) is 13.5 Å². The van der Waals surface area contributed by atoms with Crippen LogP contribution < -0.4 is 0 Å². The molecule has 0 fully saturated rings. The number of nitrogens with zero attached hydrogens (tertiary/aromatic N) is 2. The molecular formula is C18H16N2O3S. The summed E-state index contributed by atoms with van der Waals surface area (Å²) in [7, 11) is 1.32. The number of pyridine rings is 1. The topological polar surface area (TPSA) is 59.5 Å². The molecule has 0 unspecified atom stereocenters. The zero-order valence-electron chi connectivity index (χ0n) is 13.4. The Hall–Kier alpha value is -2.73. The molecule has 0 atom stereocenters. The van der Waals surface area contributed by atoms with Crippen LogP contribution >= 0.6 is 11.3 Å². The third-order valence-electron chi connectivity index (χ3n) is 3.79. The first-order valence-electron chi connectivity index (χ1n) is 7.37. The fourth-order valence-electron chi connectivity index (χ4n) is 2.61. The van der Waals surface area contributed by atoms with Gasteiger partial charge in [-0.15, -0.1) is 11.3 Å². The molecule has 0 spiro atoms. The third-order valence-corrected chi connectivity index (χ3v) is 4.61. The van der Waals surface area contributed by atoms with Crippen LogP contribution in [0, 0.1) is 0 Å². The van der Waals surface area contributed by atoms with Crippen LogP contribution in [0.3, 0.4) is 0 Å². The van der Waals surface area contributed by atoms with Crippen LogP contribution in [0.1, 0.15) is 17.4 Å². The molecule has 5 nitrogen and oxygen atoms in total. The fourth-order valence-corrected chi connectivity index (χ4v) is 3.27. The van der Waals surface area contributed by atoms with Gasteiger partial charge in [-0.1, -0.05) is 12.1 Å². The number of carbonyl (C=O) groups is 2. The van der Waals surface area contributed by atoms with Gasteiger partial charge in [-0.3, -0.25) is 9.78 Å². The normalized spacial score (nSPS) is 16.2.